The Bertz CT molecular complexity index is 881. The third-order valence-electron chi connectivity index (χ3n) is 8.89. The first kappa shape index (κ1) is 27.8. The summed E-state index contributed by atoms with van der Waals surface area (Å²) in [6.45, 7) is 0. The molecule has 0 amide bonds. The number of thioether (sulfide) groups is 1. The molecule has 3 atom stereocenters. The van der Waals surface area contributed by atoms with Crippen molar-refractivity contribution in [3.05, 3.63) is 34.9 Å². The summed E-state index contributed by atoms with van der Waals surface area (Å²) in [5, 5.41) is 0.792. The second-order valence-electron chi connectivity index (χ2n) is 11.3. The van der Waals surface area contributed by atoms with Gasteiger partial charge in [-0.2, -0.15) is 11.8 Å². The number of benzene rings is 1. The largest absolute Gasteiger partial charge is 0.467 e. The molecule has 1 aliphatic heterocycles. The lowest BCUT2D eigenvalue weighted by molar-refractivity contribution is -0.148. The molecule has 0 N–H and O–H groups in total. The molecule has 7 heteroatoms. The van der Waals surface area contributed by atoms with E-state index in [1.807, 2.05) is 18.5 Å². The molecule has 36 heavy (non-hydrogen) atoms. The monoisotopic (exact) mass is 533 g/mol. The van der Waals surface area contributed by atoms with E-state index in [4.69, 9.17) is 21.3 Å². The third kappa shape index (κ3) is 5.91. The number of methoxy groups -OCH3 is 1. The van der Waals surface area contributed by atoms with Crippen LogP contribution in [0.5, 0.6) is 0 Å². The number of rotatable bonds is 9. The lowest BCUT2D eigenvalue weighted by Gasteiger charge is -2.43. The van der Waals surface area contributed by atoms with Crippen molar-refractivity contribution in [1.82, 2.24) is 9.80 Å². The number of hydrogen-bond acceptors (Lipinski definition) is 6. The van der Waals surface area contributed by atoms with E-state index >= 15 is 0 Å². The molecule has 3 aliphatic rings. The number of nitrogens with zero attached hydrogens (tertiary/aromatic N) is 3. The van der Waals surface area contributed by atoms with Crippen molar-refractivity contribution in [3.63, 3.8) is 0 Å². The Labute approximate surface area is 227 Å². The number of aliphatic imine (C=N–C) groups is 1. The Hall–Kier alpha value is -1.24. The summed E-state index contributed by atoms with van der Waals surface area (Å²) in [7, 11) is 5.90. The molecule has 0 aromatic heterocycles. The highest BCUT2D eigenvalue weighted by Gasteiger charge is 2.54. The number of hydrogen-bond donors (Lipinski definition) is 0. The predicted molar refractivity (Wildman–Crippen MR) is 152 cm³/mol. The molecule has 4 rings (SSSR count). The first-order valence-electron chi connectivity index (χ1n) is 13.7. The molecule has 0 bridgehead atoms. The topological polar surface area (TPSA) is 45.1 Å². The molecule has 0 saturated heterocycles. The highest BCUT2D eigenvalue weighted by molar-refractivity contribution is 7.98. The summed E-state index contributed by atoms with van der Waals surface area (Å²) in [5.74, 6) is 1.75. The maximum Gasteiger partial charge on any atom is 0.336 e. The lowest BCUT2D eigenvalue weighted by atomic mass is 9.72. The summed E-state index contributed by atoms with van der Waals surface area (Å²) >= 11 is 7.87. The van der Waals surface area contributed by atoms with Gasteiger partial charge in [-0.15, -0.1) is 0 Å². The van der Waals surface area contributed by atoms with E-state index in [9.17, 15) is 4.79 Å². The normalized spacial score (nSPS) is 30.1. The van der Waals surface area contributed by atoms with Crippen LogP contribution in [0.3, 0.4) is 0 Å². The van der Waals surface area contributed by atoms with Crippen LogP contribution in [0.2, 0.25) is 5.02 Å². The second-order valence-corrected chi connectivity index (χ2v) is 12.6. The lowest BCUT2D eigenvalue weighted by Crippen LogP contribution is -2.56. The summed E-state index contributed by atoms with van der Waals surface area (Å²) in [5.41, 5.74) is 0.572. The van der Waals surface area contributed by atoms with Gasteiger partial charge in [0.05, 0.1) is 19.5 Å². The van der Waals surface area contributed by atoms with Gasteiger partial charge in [0, 0.05) is 22.9 Å². The van der Waals surface area contributed by atoms with Crippen LogP contribution in [0.15, 0.2) is 29.3 Å². The van der Waals surface area contributed by atoms with Crippen LogP contribution in [-0.2, 0) is 9.53 Å². The molecule has 2 saturated carbocycles. The molecule has 200 valence electrons. The van der Waals surface area contributed by atoms with Gasteiger partial charge in [-0.05, 0) is 82.0 Å². The standard InChI is InChI=1S/C29H44ClN3O2S/c1-32(2)27(23-14-16-24(30)17-15-23)22-12-10-21(11-13-22)18-26-29(19-36-4,28(34)35-3)31-20-33(26)25-8-6-5-7-9-25/h14-17,20-22,25-27H,5-13,18-19H2,1-4H3. The van der Waals surface area contributed by atoms with Crippen molar-refractivity contribution >= 4 is 35.7 Å². The fraction of sp³-hybridized carbons (Fsp3) is 0.724. The predicted octanol–water partition coefficient (Wildman–Crippen LogP) is 6.46. The second kappa shape index (κ2) is 12.5. The van der Waals surface area contributed by atoms with Crippen molar-refractivity contribution in [2.75, 3.05) is 33.2 Å². The molecule has 1 heterocycles. The van der Waals surface area contributed by atoms with E-state index < -0.39 is 5.54 Å². The molecule has 0 spiro atoms. The van der Waals surface area contributed by atoms with Gasteiger partial charge >= 0.3 is 5.97 Å². The number of carbonyl (C=O) groups excluding carboxylic acids is 1. The van der Waals surface area contributed by atoms with Crippen LogP contribution in [-0.4, -0.2) is 72.9 Å². The maximum absolute atomic E-state index is 13.2. The molecule has 3 unspecified atom stereocenters. The van der Waals surface area contributed by atoms with Gasteiger partial charge in [0.15, 0.2) is 5.54 Å². The van der Waals surface area contributed by atoms with Crippen LogP contribution < -0.4 is 0 Å². The zero-order chi connectivity index (χ0) is 25.7. The average molecular weight is 534 g/mol. The maximum atomic E-state index is 13.2. The van der Waals surface area contributed by atoms with Crippen molar-refractivity contribution in [1.29, 1.82) is 0 Å². The SMILES string of the molecule is COC(=O)C1(CSC)N=CN(C2CCCCC2)C1CC1CCC(C(c2ccc(Cl)cc2)N(C)C)CC1. The minimum atomic E-state index is -0.780. The molecule has 1 aromatic carbocycles. The van der Waals surface area contributed by atoms with Crippen LogP contribution in [0.25, 0.3) is 0 Å². The molecule has 1 aromatic rings. The Morgan fingerprint density at radius 1 is 1.14 bits per heavy atom. The molecule has 0 radical (unpaired) electrons. The molecular formula is C29H44ClN3O2S. The smallest absolute Gasteiger partial charge is 0.336 e. The van der Waals surface area contributed by atoms with E-state index in [0.29, 0.717) is 29.7 Å². The van der Waals surface area contributed by atoms with Crippen LogP contribution in [0, 0.1) is 11.8 Å². The van der Waals surface area contributed by atoms with Gasteiger partial charge in [-0.25, -0.2) is 4.79 Å². The fourth-order valence-corrected chi connectivity index (χ4v) is 8.06. The van der Waals surface area contributed by atoms with Crippen molar-refractivity contribution in [3.8, 4) is 0 Å². The Morgan fingerprint density at radius 3 is 2.39 bits per heavy atom. The van der Waals surface area contributed by atoms with Gasteiger partial charge in [-0.3, -0.25) is 4.99 Å². The number of halogens is 1. The first-order valence-corrected chi connectivity index (χ1v) is 15.5. The molecule has 2 fully saturated rings. The summed E-state index contributed by atoms with van der Waals surface area (Å²) in [6.07, 6.45) is 16.2. The van der Waals surface area contributed by atoms with Gasteiger partial charge in [-0.1, -0.05) is 55.8 Å². The van der Waals surface area contributed by atoms with Gasteiger partial charge < -0.3 is 14.5 Å². The van der Waals surface area contributed by atoms with Gasteiger partial charge in [0.1, 0.15) is 0 Å². The van der Waals surface area contributed by atoms with E-state index in [1.165, 1.54) is 70.5 Å². The zero-order valence-electron chi connectivity index (χ0n) is 22.5. The number of esters is 1. The van der Waals surface area contributed by atoms with Gasteiger partial charge in [0.25, 0.3) is 0 Å². The van der Waals surface area contributed by atoms with Gasteiger partial charge in [0.2, 0.25) is 0 Å². The molecule has 5 nitrogen and oxygen atoms in total. The van der Waals surface area contributed by atoms with Crippen molar-refractivity contribution < 1.29 is 9.53 Å². The molecule has 2 aliphatic carbocycles. The van der Waals surface area contributed by atoms with E-state index in [2.05, 4.69) is 42.3 Å². The number of ether oxygens (including phenoxy) is 1. The summed E-state index contributed by atoms with van der Waals surface area (Å²) in [4.78, 5) is 23.0. The minimum Gasteiger partial charge on any atom is -0.467 e. The van der Waals surface area contributed by atoms with E-state index in [-0.39, 0.29) is 12.0 Å². The zero-order valence-corrected chi connectivity index (χ0v) is 24.1. The van der Waals surface area contributed by atoms with Crippen molar-refractivity contribution in [2.45, 2.75) is 87.9 Å². The third-order valence-corrected chi connectivity index (χ3v) is 9.88. The van der Waals surface area contributed by atoms with Crippen LogP contribution >= 0.6 is 23.4 Å². The summed E-state index contributed by atoms with van der Waals surface area (Å²) in [6, 6.07) is 9.40. The highest BCUT2D eigenvalue weighted by atomic mass is 35.5. The van der Waals surface area contributed by atoms with Crippen LogP contribution in [0.1, 0.15) is 75.8 Å². The quantitative estimate of drug-likeness (QED) is 0.341. The average Bonchev–Trinajstić information content (AvgIpc) is 3.25. The minimum absolute atomic E-state index is 0.1000. The Balaban J connectivity index is 1.48. The van der Waals surface area contributed by atoms with Crippen LogP contribution in [0.4, 0.5) is 0 Å². The molecular weight excluding hydrogens is 490 g/mol. The number of carbonyl (C=O) groups is 1. The highest BCUT2D eigenvalue weighted by Crippen LogP contribution is 2.44. The van der Waals surface area contributed by atoms with Crippen molar-refractivity contribution in [2.24, 2.45) is 16.8 Å². The Kier molecular flexibility index (Phi) is 9.68. The van der Waals surface area contributed by atoms with E-state index in [0.717, 1.165) is 11.4 Å². The summed E-state index contributed by atoms with van der Waals surface area (Å²) < 4.78 is 5.37. The first-order chi connectivity index (χ1) is 17.4. The fourth-order valence-electron chi connectivity index (χ4n) is 7.11. The van der Waals surface area contributed by atoms with E-state index in [1.54, 1.807) is 11.8 Å². The Morgan fingerprint density at radius 2 is 1.81 bits per heavy atom.